The fourth-order valence-electron chi connectivity index (χ4n) is 2.81. The van der Waals surface area contributed by atoms with Crippen molar-refractivity contribution in [2.75, 3.05) is 13.1 Å². The van der Waals surface area contributed by atoms with Gasteiger partial charge in [-0.25, -0.2) is 13.4 Å². The number of aliphatic hydroxyl groups excluding tert-OH is 1. The van der Waals surface area contributed by atoms with E-state index in [1.165, 1.54) is 16.6 Å². The Labute approximate surface area is 149 Å². The van der Waals surface area contributed by atoms with Crippen LogP contribution in [0.2, 0.25) is 0 Å². The third kappa shape index (κ3) is 5.23. The van der Waals surface area contributed by atoms with Crippen LogP contribution < -0.4 is 5.32 Å². The van der Waals surface area contributed by atoms with Gasteiger partial charge in [-0.05, 0) is 30.9 Å². The molecule has 1 radical (unpaired) electrons. The van der Waals surface area contributed by atoms with Crippen molar-refractivity contribution < 1.29 is 18.3 Å². The van der Waals surface area contributed by atoms with Gasteiger partial charge in [0, 0.05) is 25.7 Å². The fraction of sp³-hybridized carbons (Fsp3) is 0.588. The average molecular weight is 368 g/mol. The molecule has 2 unspecified atom stereocenters. The van der Waals surface area contributed by atoms with Crippen molar-refractivity contribution in [3.8, 4) is 0 Å². The molecular weight excluding hydrogens is 342 g/mol. The van der Waals surface area contributed by atoms with Crippen molar-refractivity contribution in [2.24, 2.45) is 5.92 Å². The lowest BCUT2D eigenvalue weighted by atomic mass is 10.0. The van der Waals surface area contributed by atoms with Crippen molar-refractivity contribution in [1.82, 2.24) is 14.6 Å². The number of hydrogen-bond acceptors (Lipinski definition) is 5. The van der Waals surface area contributed by atoms with E-state index < -0.39 is 22.2 Å². The molecule has 1 aromatic rings. The second-order valence-electron chi connectivity index (χ2n) is 6.51. The van der Waals surface area contributed by atoms with E-state index in [1.807, 2.05) is 6.92 Å². The number of aliphatic hydroxyl groups is 1. The fourth-order valence-corrected chi connectivity index (χ4v) is 4.24. The summed E-state index contributed by atoms with van der Waals surface area (Å²) in [6, 6.07) is 4.25. The van der Waals surface area contributed by atoms with E-state index in [2.05, 4.69) is 17.2 Å². The number of hydrogen-bond donors (Lipinski definition) is 2. The lowest BCUT2D eigenvalue weighted by Crippen LogP contribution is -2.47. The molecule has 2 heterocycles. The SMILES string of the molecule is [CH2]C[C@H](C)CC(=O)NC1CCCN(S(=O)(=O)c2ccccn2)CC1O. The maximum absolute atomic E-state index is 12.7. The molecule has 0 aromatic carbocycles. The summed E-state index contributed by atoms with van der Waals surface area (Å²) in [5.74, 6) is 0.0326. The van der Waals surface area contributed by atoms with Crippen LogP contribution in [0, 0.1) is 12.8 Å². The topological polar surface area (TPSA) is 99.6 Å². The molecule has 2 rings (SSSR count). The van der Waals surface area contributed by atoms with Crippen LogP contribution in [0.25, 0.3) is 0 Å². The molecule has 25 heavy (non-hydrogen) atoms. The number of β-amino-alcohol motifs (C(OH)–C–C–N with tert-alkyl or cyclic N) is 1. The first-order valence-electron chi connectivity index (χ1n) is 8.52. The van der Waals surface area contributed by atoms with E-state index in [1.54, 1.807) is 12.1 Å². The molecule has 0 saturated carbocycles. The van der Waals surface area contributed by atoms with Gasteiger partial charge in [0.25, 0.3) is 10.0 Å². The highest BCUT2D eigenvalue weighted by atomic mass is 32.2. The maximum atomic E-state index is 12.7. The van der Waals surface area contributed by atoms with Gasteiger partial charge in [0.1, 0.15) is 0 Å². The van der Waals surface area contributed by atoms with Crippen LogP contribution in [0.15, 0.2) is 29.4 Å². The van der Waals surface area contributed by atoms with E-state index in [9.17, 15) is 18.3 Å². The first kappa shape index (κ1) is 19.8. The lowest BCUT2D eigenvalue weighted by molar-refractivity contribution is -0.123. The summed E-state index contributed by atoms with van der Waals surface area (Å²) in [6.45, 7) is 5.94. The summed E-state index contributed by atoms with van der Waals surface area (Å²) in [7, 11) is -3.75. The van der Waals surface area contributed by atoms with Crippen LogP contribution in [-0.2, 0) is 14.8 Å². The standard InChI is InChI=1S/C17H26N3O4S/c1-3-13(2)11-16(22)19-14-7-6-10-20(12-15(14)21)25(23,24)17-8-4-5-9-18-17/h4-5,8-9,13-15,21H,1,3,6-7,10-12H2,2H3,(H,19,22)/t13-,14?,15?/m0/s1. The van der Waals surface area contributed by atoms with E-state index in [0.29, 0.717) is 25.7 Å². The summed E-state index contributed by atoms with van der Waals surface area (Å²) >= 11 is 0. The van der Waals surface area contributed by atoms with Crippen LogP contribution >= 0.6 is 0 Å². The molecule has 0 aliphatic carbocycles. The summed E-state index contributed by atoms with van der Waals surface area (Å²) < 4.78 is 26.6. The van der Waals surface area contributed by atoms with Gasteiger partial charge in [-0.1, -0.05) is 26.3 Å². The number of aromatic nitrogens is 1. The van der Waals surface area contributed by atoms with Gasteiger partial charge in [-0.3, -0.25) is 4.79 Å². The molecule has 7 nitrogen and oxygen atoms in total. The zero-order valence-corrected chi connectivity index (χ0v) is 15.3. The van der Waals surface area contributed by atoms with Gasteiger partial charge in [0.05, 0.1) is 12.1 Å². The molecule has 1 amide bonds. The quantitative estimate of drug-likeness (QED) is 0.779. The van der Waals surface area contributed by atoms with Gasteiger partial charge in [-0.15, -0.1) is 0 Å². The van der Waals surface area contributed by atoms with E-state index in [-0.39, 0.29) is 29.9 Å². The molecule has 139 valence electrons. The lowest BCUT2D eigenvalue weighted by Gasteiger charge is -2.25. The molecule has 1 aromatic heterocycles. The summed E-state index contributed by atoms with van der Waals surface area (Å²) in [5, 5.41) is 13.2. The van der Waals surface area contributed by atoms with Gasteiger partial charge in [-0.2, -0.15) is 4.31 Å². The number of nitrogens with zero attached hydrogens (tertiary/aromatic N) is 2. The van der Waals surface area contributed by atoms with Gasteiger partial charge in [0.15, 0.2) is 5.03 Å². The Morgan fingerprint density at radius 3 is 2.92 bits per heavy atom. The number of carbonyl (C=O) groups is 1. The number of sulfonamides is 1. The third-order valence-electron chi connectivity index (χ3n) is 4.39. The Morgan fingerprint density at radius 1 is 1.52 bits per heavy atom. The normalized spacial score (nSPS) is 23.6. The van der Waals surface area contributed by atoms with Crippen molar-refractivity contribution in [2.45, 2.75) is 49.8 Å². The molecule has 0 spiro atoms. The van der Waals surface area contributed by atoms with Gasteiger partial charge < -0.3 is 10.4 Å². The molecule has 8 heteroatoms. The number of rotatable bonds is 6. The first-order chi connectivity index (χ1) is 11.8. The average Bonchev–Trinajstić information content (AvgIpc) is 2.78. The Hall–Kier alpha value is -1.51. The largest absolute Gasteiger partial charge is 0.390 e. The second kappa shape index (κ2) is 8.73. The smallest absolute Gasteiger partial charge is 0.260 e. The van der Waals surface area contributed by atoms with Crippen LogP contribution in [-0.4, -0.2) is 54.0 Å². The Bertz CT molecular complexity index is 666. The zero-order valence-electron chi connectivity index (χ0n) is 14.5. The first-order valence-corrected chi connectivity index (χ1v) is 9.96. The van der Waals surface area contributed by atoms with Crippen molar-refractivity contribution in [1.29, 1.82) is 0 Å². The Morgan fingerprint density at radius 2 is 2.28 bits per heavy atom. The van der Waals surface area contributed by atoms with Gasteiger partial charge >= 0.3 is 0 Å². The van der Waals surface area contributed by atoms with E-state index in [4.69, 9.17) is 0 Å². The van der Waals surface area contributed by atoms with Crippen LogP contribution in [0.4, 0.5) is 0 Å². The number of carbonyl (C=O) groups excluding carboxylic acids is 1. The summed E-state index contributed by atoms with van der Waals surface area (Å²) in [4.78, 5) is 16.0. The van der Waals surface area contributed by atoms with Crippen LogP contribution in [0.1, 0.15) is 32.6 Å². The molecule has 1 aliphatic heterocycles. The summed E-state index contributed by atoms with van der Waals surface area (Å²) in [6.07, 6.45) is 2.56. The Kier molecular flexibility index (Phi) is 6.92. The minimum atomic E-state index is -3.75. The van der Waals surface area contributed by atoms with Crippen LogP contribution in [0.3, 0.4) is 0 Å². The minimum Gasteiger partial charge on any atom is -0.390 e. The molecule has 1 saturated heterocycles. The van der Waals surface area contributed by atoms with Crippen molar-refractivity contribution in [3.05, 3.63) is 31.3 Å². The van der Waals surface area contributed by atoms with Gasteiger partial charge in [0.2, 0.25) is 5.91 Å². The predicted octanol–water partition coefficient (Wildman–Crippen LogP) is 0.962. The number of nitrogens with one attached hydrogen (secondary N) is 1. The summed E-state index contributed by atoms with van der Waals surface area (Å²) in [5.41, 5.74) is 0. The highest BCUT2D eigenvalue weighted by molar-refractivity contribution is 7.89. The highest BCUT2D eigenvalue weighted by Crippen LogP contribution is 2.19. The molecule has 1 aliphatic rings. The molecule has 3 atom stereocenters. The third-order valence-corrected chi connectivity index (χ3v) is 6.17. The monoisotopic (exact) mass is 368 g/mol. The molecule has 0 bridgehead atoms. The number of pyridine rings is 1. The molecule has 1 fully saturated rings. The van der Waals surface area contributed by atoms with Crippen LogP contribution in [0.5, 0.6) is 0 Å². The van der Waals surface area contributed by atoms with E-state index in [0.717, 1.165) is 0 Å². The predicted molar refractivity (Wildman–Crippen MR) is 93.9 cm³/mol. The van der Waals surface area contributed by atoms with Crippen molar-refractivity contribution >= 4 is 15.9 Å². The highest BCUT2D eigenvalue weighted by Gasteiger charge is 2.33. The maximum Gasteiger partial charge on any atom is 0.260 e. The van der Waals surface area contributed by atoms with Crippen molar-refractivity contribution in [3.63, 3.8) is 0 Å². The molecular formula is C17H26N3O4S. The molecule has 2 N–H and O–H groups in total. The number of amides is 1. The zero-order chi connectivity index (χ0) is 18.4. The second-order valence-corrected chi connectivity index (χ2v) is 8.40. The van der Waals surface area contributed by atoms with E-state index >= 15 is 0 Å². The Balaban J connectivity index is 2.03. The minimum absolute atomic E-state index is 0.0334.